The van der Waals surface area contributed by atoms with Crippen molar-refractivity contribution in [1.29, 1.82) is 0 Å². The first-order valence-corrected chi connectivity index (χ1v) is 9.72. The summed E-state index contributed by atoms with van der Waals surface area (Å²) in [7, 11) is -3.62. The van der Waals surface area contributed by atoms with Gasteiger partial charge in [0.1, 0.15) is 6.04 Å². The molecule has 0 saturated carbocycles. The molecule has 1 amide bonds. The standard InChI is InChI=1S/C18H21N3O4S.ClH/c19-17(14-5-2-1-3-6-14)18(22)20-15-7-4-8-16(13-15)26(23,24)21-9-11-25-12-10-21;/h1-8,13,17H,9-12,19H2,(H,20,22);1H. The number of hydrogen-bond donors (Lipinski definition) is 2. The maximum Gasteiger partial charge on any atom is 0.245 e. The second-order valence-electron chi connectivity index (χ2n) is 5.92. The third-order valence-corrected chi connectivity index (χ3v) is 6.05. The molecule has 1 fully saturated rings. The van der Waals surface area contributed by atoms with Gasteiger partial charge in [0.25, 0.3) is 0 Å². The van der Waals surface area contributed by atoms with E-state index in [1.165, 1.54) is 16.4 Å². The number of amides is 1. The molecule has 0 bridgehead atoms. The Morgan fingerprint density at radius 3 is 2.41 bits per heavy atom. The summed E-state index contributed by atoms with van der Waals surface area (Å²) >= 11 is 0. The lowest BCUT2D eigenvalue weighted by atomic mass is 10.1. The van der Waals surface area contributed by atoms with Crippen molar-refractivity contribution in [3.63, 3.8) is 0 Å². The Morgan fingerprint density at radius 1 is 1.07 bits per heavy atom. The van der Waals surface area contributed by atoms with Crippen LogP contribution in [0, 0.1) is 0 Å². The minimum absolute atomic E-state index is 0. The maximum atomic E-state index is 12.7. The summed E-state index contributed by atoms with van der Waals surface area (Å²) in [5.74, 6) is -0.405. The summed E-state index contributed by atoms with van der Waals surface area (Å²) in [5, 5.41) is 2.68. The van der Waals surface area contributed by atoms with E-state index in [-0.39, 0.29) is 17.3 Å². The van der Waals surface area contributed by atoms with Crippen molar-refractivity contribution in [2.24, 2.45) is 5.73 Å². The number of hydrogen-bond acceptors (Lipinski definition) is 5. The smallest absolute Gasteiger partial charge is 0.245 e. The van der Waals surface area contributed by atoms with Crippen molar-refractivity contribution >= 4 is 34.0 Å². The molecule has 2 aromatic carbocycles. The number of halogens is 1. The zero-order chi connectivity index (χ0) is 18.6. The molecule has 1 aliphatic rings. The number of nitrogens with zero attached hydrogens (tertiary/aromatic N) is 1. The average molecular weight is 412 g/mol. The van der Waals surface area contributed by atoms with E-state index in [2.05, 4.69) is 5.32 Å². The molecule has 1 unspecified atom stereocenters. The lowest BCUT2D eigenvalue weighted by molar-refractivity contribution is -0.117. The second kappa shape index (κ2) is 9.29. The van der Waals surface area contributed by atoms with E-state index in [1.807, 2.05) is 6.07 Å². The Morgan fingerprint density at radius 2 is 1.74 bits per heavy atom. The predicted molar refractivity (Wildman–Crippen MR) is 105 cm³/mol. The van der Waals surface area contributed by atoms with Crippen LogP contribution in [0.2, 0.25) is 0 Å². The lowest BCUT2D eigenvalue weighted by Crippen LogP contribution is -2.40. The Kier molecular flexibility index (Phi) is 7.34. The summed E-state index contributed by atoms with van der Waals surface area (Å²) in [6.07, 6.45) is 0. The lowest BCUT2D eigenvalue weighted by Gasteiger charge is -2.26. The molecule has 1 atom stereocenters. The van der Waals surface area contributed by atoms with Gasteiger partial charge < -0.3 is 15.8 Å². The molecular formula is C18H22ClN3O4S. The van der Waals surface area contributed by atoms with Crippen LogP contribution in [0.4, 0.5) is 5.69 Å². The minimum atomic E-state index is -3.62. The zero-order valence-electron chi connectivity index (χ0n) is 14.6. The number of carbonyl (C=O) groups excluding carboxylic acids is 1. The first-order valence-electron chi connectivity index (χ1n) is 8.28. The first-order chi connectivity index (χ1) is 12.5. The van der Waals surface area contributed by atoms with E-state index in [4.69, 9.17) is 10.5 Å². The van der Waals surface area contributed by atoms with Crippen LogP contribution in [0.1, 0.15) is 11.6 Å². The molecule has 3 rings (SSSR count). The van der Waals surface area contributed by atoms with Gasteiger partial charge in [0.05, 0.1) is 18.1 Å². The van der Waals surface area contributed by atoms with E-state index in [1.54, 1.807) is 36.4 Å². The van der Waals surface area contributed by atoms with E-state index in [0.717, 1.165) is 0 Å². The van der Waals surface area contributed by atoms with Crippen LogP contribution in [-0.4, -0.2) is 44.9 Å². The third-order valence-electron chi connectivity index (χ3n) is 4.15. The minimum Gasteiger partial charge on any atom is -0.379 e. The zero-order valence-corrected chi connectivity index (χ0v) is 16.2. The Balaban J connectivity index is 0.00000261. The molecule has 1 heterocycles. The molecule has 1 aliphatic heterocycles. The first kappa shape index (κ1) is 21.3. The molecule has 1 saturated heterocycles. The van der Waals surface area contributed by atoms with E-state index < -0.39 is 22.0 Å². The number of anilines is 1. The number of ether oxygens (including phenoxy) is 1. The van der Waals surface area contributed by atoms with Gasteiger partial charge in [0.15, 0.2) is 0 Å². The van der Waals surface area contributed by atoms with Crippen molar-refractivity contribution in [2.45, 2.75) is 10.9 Å². The van der Waals surface area contributed by atoms with E-state index in [9.17, 15) is 13.2 Å². The van der Waals surface area contributed by atoms with Crippen molar-refractivity contribution in [2.75, 3.05) is 31.6 Å². The summed E-state index contributed by atoms with van der Waals surface area (Å²) in [4.78, 5) is 12.5. The summed E-state index contributed by atoms with van der Waals surface area (Å²) in [6, 6.07) is 14.3. The molecule has 0 aliphatic carbocycles. The van der Waals surface area contributed by atoms with Gasteiger partial charge in [-0.1, -0.05) is 36.4 Å². The average Bonchev–Trinajstić information content (AvgIpc) is 2.69. The Bertz CT molecular complexity index is 871. The number of nitrogens with one attached hydrogen (secondary N) is 1. The molecule has 9 heteroatoms. The third kappa shape index (κ3) is 5.06. The highest BCUT2D eigenvalue weighted by Gasteiger charge is 2.26. The predicted octanol–water partition coefficient (Wildman–Crippen LogP) is 1.77. The van der Waals surface area contributed by atoms with Crippen LogP contribution in [-0.2, 0) is 19.6 Å². The van der Waals surface area contributed by atoms with Gasteiger partial charge in [-0.05, 0) is 23.8 Å². The van der Waals surface area contributed by atoms with E-state index >= 15 is 0 Å². The van der Waals surface area contributed by atoms with Gasteiger partial charge in [-0.3, -0.25) is 4.79 Å². The van der Waals surface area contributed by atoms with Crippen LogP contribution in [0.15, 0.2) is 59.5 Å². The van der Waals surface area contributed by atoms with Gasteiger partial charge >= 0.3 is 0 Å². The molecular weight excluding hydrogens is 390 g/mol. The highest BCUT2D eigenvalue weighted by atomic mass is 35.5. The topological polar surface area (TPSA) is 102 Å². The SMILES string of the molecule is Cl.NC(C(=O)Nc1cccc(S(=O)(=O)N2CCOCC2)c1)c1ccccc1. The Hall–Kier alpha value is -1.97. The van der Waals surface area contributed by atoms with Gasteiger partial charge in [-0.2, -0.15) is 4.31 Å². The Labute approximate surface area is 165 Å². The quantitative estimate of drug-likeness (QED) is 0.780. The van der Waals surface area contributed by atoms with Crippen LogP contribution in [0.5, 0.6) is 0 Å². The monoisotopic (exact) mass is 411 g/mol. The molecule has 2 aromatic rings. The summed E-state index contributed by atoms with van der Waals surface area (Å²) < 4.78 is 32.0. The number of morpholine rings is 1. The molecule has 0 radical (unpaired) electrons. The fourth-order valence-corrected chi connectivity index (χ4v) is 4.16. The van der Waals surface area contributed by atoms with Crippen molar-refractivity contribution < 1.29 is 17.9 Å². The number of sulfonamides is 1. The van der Waals surface area contributed by atoms with Crippen molar-refractivity contribution in [3.05, 3.63) is 60.2 Å². The number of rotatable bonds is 5. The highest BCUT2D eigenvalue weighted by Crippen LogP contribution is 2.21. The van der Waals surface area contributed by atoms with Crippen molar-refractivity contribution in [3.8, 4) is 0 Å². The summed E-state index contributed by atoms with van der Waals surface area (Å²) in [5.41, 5.74) is 7.04. The molecule has 7 nitrogen and oxygen atoms in total. The fourth-order valence-electron chi connectivity index (χ4n) is 2.70. The largest absolute Gasteiger partial charge is 0.379 e. The number of carbonyl (C=O) groups is 1. The van der Waals surface area contributed by atoms with Crippen LogP contribution >= 0.6 is 12.4 Å². The molecule has 3 N–H and O–H groups in total. The molecule has 146 valence electrons. The maximum absolute atomic E-state index is 12.7. The highest BCUT2D eigenvalue weighted by molar-refractivity contribution is 7.89. The van der Waals surface area contributed by atoms with Crippen LogP contribution in [0.3, 0.4) is 0 Å². The number of benzene rings is 2. The summed E-state index contributed by atoms with van der Waals surface area (Å²) in [6.45, 7) is 1.39. The normalized spacial score (nSPS) is 16.2. The second-order valence-corrected chi connectivity index (χ2v) is 7.86. The van der Waals surface area contributed by atoms with Crippen molar-refractivity contribution in [1.82, 2.24) is 4.31 Å². The molecule has 0 aromatic heterocycles. The van der Waals surface area contributed by atoms with E-state index in [0.29, 0.717) is 37.6 Å². The molecule has 0 spiro atoms. The van der Waals surface area contributed by atoms with Gasteiger partial charge in [0.2, 0.25) is 15.9 Å². The fraction of sp³-hybridized carbons (Fsp3) is 0.278. The van der Waals surface area contributed by atoms with Crippen LogP contribution in [0.25, 0.3) is 0 Å². The van der Waals surface area contributed by atoms with Gasteiger partial charge in [-0.15, -0.1) is 12.4 Å². The van der Waals surface area contributed by atoms with Gasteiger partial charge in [0, 0.05) is 18.8 Å². The van der Waals surface area contributed by atoms with Crippen LogP contribution < -0.4 is 11.1 Å². The number of nitrogens with two attached hydrogens (primary N) is 1. The van der Waals surface area contributed by atoms with Gasteiger partial charge in [-0.25, -0.2) is 8.42 Å². The molecule has 27 heavy (non-hydrogen) atoms.